The second-order valence-corrected chi connectivity index (χ2v) is 6.12. The summed E-state index contributed by atoms with van der Waals surface area (Å²) in [6, 6.07) is 3.84. The Balaban J connectivity index is 1.52. The number of nitrogens with zero attached hydrogens (tertiary/aromatic N) is 3. The molecule has 0 aliphatic carbocycles. The third kappa shape index (κ3) is 3.31. The van der Waals surface area contributed by atoms with Gasteiger partial charge in [-0.1, -0.05) is 0 Å². The highest BCUT2D eigenvalue weighted by molar-refractivity contribution is 5.91. The highest BCUT2D eigenvalue weighted by Gasteiger charge is 2.25. The number of nitrogens with one attached hydrogen (secondary N) is 1. The van der Waals surface area contributed by atoms with Crippen molar-refractivity contribution in [2.24, 2.45) is 7.05 Å². The van der Waals surface area contributed by atoms with Crippen molar-refractivity contribution in [3.63, 3.8) is 0 Å². The largest absolute Gasteiger partial charge is 0.481 e. The fourth-order valence-electron chi connectivity index (χ4n) is 3.23. The van der Waals surface area contributed by atoms with Crippen LogP contribution >= 0.6 is 0 Å². The fourth-order valence-corrected chi connectivity index (χ4v) is 3.23. The van der Waals surface area contributed by atoms with Crippen LogP contribution in [0.25, 0.3) is 0 Å². The normalized spacial score (nSPS) is 15.7. The van der Waals surface area contributed by atoms with E-state index in [1.165, 1.54) is 6.26 Å². The first-order valence-corrected chi connectivity index (χ1v) is 8.22. The topological polar surface area (TPSA) is 72.5 Å². The lowest BCUT2D eigenvalue weighted by Crippen LogP contribution is -2.44. The minimum absolute atomic E-state index is 0.0248. The second kappa shape index (κ2) is 7.09. The molecule has 0 spiro atoms. The lowest BCUT2D eigenvalue weighted by molar-refractivity contribution is 0.0672. The summed E-state index contributed by atoms with van der Waals surface area (Å²) in [5.74, 6) is 1.19. The van der Waals surface area contributed by atoms with Gasteiger partial charge in [0.15, 0.2) is 5.76 Å². The number of ether oxygens (including phenoxy) is 1. The molecule has 2 aromatic rings. The summed E-state index contributed by atoms with van der Waals surface area (Å²) >= 11 is 0. The Labute approximate surface area is 141 Å². The van der Waals surface area contributed by atoms with E-state index in [2.05, 4.69) is 10.4 Å². The number of aromatic nitrogens is 2. The lowest BCUT2D eigenvalue weighted by atomic mass is 10.0. The molecule has 1 aliphatic rings. The maximum Gasteiger partial charge on any atom is 0.289 e. The third-order valence-electron chi connectivity index (χ3n) is 4.56. The number of amides is 1. The Bertz CT molecular complexity index is 685. The van der Waals surface area contributed by atoms with E-state index in [1.807, 2.05) is 18.9 Å². The van der Waals surface area contributed by atoms with Crippen LogP contribution in [-0.2, 0) is 13.6 Å². The smallest absolute Gasteiger partial charge is 0.289 e. The summed E-state index contributed by atoms with van der Waals surface area (Å²) < 4.78 is 12.4. The number of likely N-dealkylation sites (tertiary alicyclic amines) is 1. The molecule has 0 unspecified atom stereocenters. The van der Waals surface area contributed by atoms with E-state index in [-0.39, 0.29) is 5.91 Å². The van der Waals surface area contributed by atoms with E-state index in [0.29, 0.717) is 11.8 Å². The van der Waals surface area contributed by atoms with Gasteiger partial charge in [-0.05, 0) is 31.9 Å². The Morgan fingerprint density at radius 1 is 1.46 bits per heavy atom. The molecule has 24 heavy (non-hydrogen) atoms. The molecular formula is C17H24N4O3. The maximum atomic E-state index is 12.3. The minimum atomic E-state index is -0.0248. The number of aryl methyl sites for hydroxylation is 2. The minimum Gasteiger partial charge on any atom is -0.481 e. The molecule has 0 saturated carbocycles. The van der Waals surface area contributed by atoms with Gasteiger partial charge < -0.3 is 19.4 Å². The first-order valence-electron chi connectivity index (χ1n) is 8.22. The molecule has 0 aromatic carbocycles. The van der Waals surface area contributed by atoms with Crippen LogP contribution in [0.3, 0.4) is 0 Å². The van der Waals surface area contributed by atoms with Gasteiger partial charge in [0.2, 0.25) is 5.88 Å². The van der Waals surface area contributed by atoms with Gasteiger partial charge in [-0.25, -0.2) is 4.68 Å². The molecule has 1 aliphatic heterocycles. The van der Waals surface area contributed by atoms with Crippen molar-refractivity contribution in [1.29, 1.82) is 0 Å². The van der Waals surface area contributed by atoms with E-state index in [9.17, 15) is 4.79 Å². The molecule has 0 radical (unpaired) electrons. The summed E-state index contributed by atoms with van der Waals surface area (Å²) in [6.45, 7) is 4.19. The van der Waals surface area contributed by atoms with Crippen molar-refractivity contribution in [2.45, 2.75) is 32.4 Å². The number of hydrogen-bond acceptors (Lipinski definition) is 5. The average molecular weight is 332 g/mol. The molecule has 130 valence electrons. The van der Waals surface area contributed by atoms with Crippen molar-refractivity contribution in [1.82, 2.24) is 20.0 Å². The van der Waals surface area contributed by atoms with Crippen molar-refractivity contribution < 1.29 is 13.9 Å². The van der Waals surface area contributed by atoms with Gasteiger partial charge in [-0.2, -0.15) is 5.10 Å². The third-order valence-corrected chi connectivity index (χ3v) is 4.56. The molecule has 1 amide bonds. The van der Waals surface area contributed by atoms with Gasteiger partial charge in [-0.3, -0.25) is 4.79 Å². The van der Waals surface area contributed by atoms with Crippen LogP contribution in [0.2, 0.25) is 0 Å². The standard InChI is InChI=1S/C17H24N4O3/c1-12-14(17(23-3)20(2)19-12)11-18-13-6-8-21(9-7-13)16(22)15-5-4-10-24-15/h4-5,10,13,18H,6-9,11H2,1-3H3. The Morgan fingerprint density at radius 2 is 2.21 bits per heavy atom. The molecule has 0 atom stereocenters. The van der Waals surface area contributed by atoms with Gasteiger partial charge in [0.05, 0.1) is 24.6 Å². The Kier molecular flexibility index (Phi) is 4.89. The monoisotopic (exact) mass is 332 g/mol. The number of piperidine rings is 1. The molecule has 3 rings (SSSR count). The summed E-state index contributed by atoms with van der Waals surface area (Å²) in [4.78, 5) is 14.1. The Hall–Kier alpha value is -2.28. The molecule has 1 fully saturated rings. The average Bonchev–Trinajstić information content (AvgIpc) is 3.20. The number of carbonyl (C=O) groups is 1. The van der Waals surface area contributed by atoms with Crippen LogP contribution in [-0.4, -0.2) is 46.8 Å². The van der Waals surface area contributed by atoms with Gasteiger partial charge in [0.25, 0.3) is 5.91 Å². The van der Waals surface area contributed by atoms with Gasteiger partial charge >= 0.3 is 0 Å². The highest BCUT2D eigenvalue weighted by atomic mass is 16.5. The van der Waals surface area contributed by atoms with Gasteiger partial charge in [0, 0.05) is 32.7 Å². The zero-order chi connectivity index (χ0) is 17.1. The summed E-state index contributed by atoms with van der Waals surface area (Å²) in [5.41, 5.74) is 2.07. The summed E-state index contributed by atoms with van der Waals surface area (Å²) in [6.07, 6.45) is 3.38. The number of hydrogen-bond donors (Lipinski definition) is 1. The lowest BCUT2D eigenvalue weighted by Gasteiger charge is -2.32. The molecular weight excluding hydrogens is 308 g/mol. The molecule has 7 nitrogen and oxygen atoms in total. The van der Waals surface area contributed by atoms with Crippen LogP contribution in [0.4, 0.5) is 0 Å². The predicted molar refractivity (Wildman–Crippen MR) is 89.0 cm³/mol. The Morgan fingerprint density at radius 3 is 2.83 bits per heavy atom. The van der Waals surface area contributed by atoms with Gasteiger partial charge in [0.1, 0.15) is 0 Å². The molecule has 3 heterocycles. The number of carbonyl (C=O) groups excluding carboxylic acids is 1. The van der Waals surface area contributed by atoms with E-state index < -0.39 is 0 Å². The molecule has 1 N–H and O–H groups in total. The first-order chi connectivity index (χ1) is 11.6. The number of rotatable bonds is 5. The van der Waals surface area contributed by atoms with Crippen molar-refractivity contribution >= 4 is 5.91 Å². The van der Waals surface area contributed by atoms with Crippen LogP contribution in [0, 0.1) is 6.92 Å². The fraction of sp³-hybridized carbons (Fsp3) is 0.529. The van der Waals surface area contributed by atoms with Crippen molar-refractivity contribution in [2.75, 3.05) is 20.2 Å². The van der Waals surface area contributed by atoms with Crippen LogP contribution < -0.4 is 10.1 Å². The molecule has 7 heteroatoms. The van der Waals surface area contributed by atoms with E-state index in [4.69, 9.17) is 9.15 Å². The molecule has 1 saturated heterocycles. The van der Waals surface area contributed by atoms with E-state index in [0.717, 1.165) is 49.6 Å². The highest BCUT2D eigenvalue weighted by Crippen LogP contribution is 2.21. The van der Waals surface area contributed by atoms with E-state index in [1.54, 1.807) is 23.9 Å². The molecule has 2 aromatic heterocycles. The number of methoxy groups -OCH3 is 1. The summed E-state index contributed by atoms with van der Waals surface area (Å²) in [7, 11) is 3.55. The first kappa shape index (κ1) is 16.6. The number of furan rings is 1. The zero-order valence-corrected chi connectivity index (χ0v) is 14.4. The van der Waals surface area contributed by atoms with Crippen molar-refractivity contribution in [3.8, 4) is 5.88 Å². The van der Waals surface area contributed by atoms with E-state index >= 15 is 0 Å². The van der Waals surface area contributed by atoms with Crippen LogP contribution in [0.5, 0.6) is 5.88 Å². The van der Waals surface area contributed by atoms with Crippen LogP contribution in [0.1, 0.15) is 34.7 Å². The SMILES string of the molecule is COc1c(CNC2CCN(C(=O)c3ccco3)CC2)c(C)nn1C. The second-order valence-electron chi connectivity index (χ2n) is 6.12. The zero-order valence-electron chi connectivity index (χ0n) is 14.4. The quantitative estimate of drug-likeness (QED) is 0.903. The maximum absolute atomic E-state index is 12.3. The molecule has 0 bridgehead atoms. The van der Waals surface area contributed by atoms with Crippen molar-refractivity contribution in [3.05, 3.63) is 35.4 Å². The predicted octanol–water partition coefficient (Wildman–Crippen LogP) is 1.72. The van der Waals surface area contributed by atoms with Crippen LogP contribution in [0.15, 0.2) is 22.8 Å². The summed E-state index contributed by atoms with van der Waals surface area (Å²) in [5, 5.41) is 7.96. The van der Waals surface area contributed by atoms with Gasteiger partial charge in [-0.15, -0.1) is 0 Å².